The van der Waals surface area contributed by atoms with Gasteiger partial charge in [0.1, 0.15) is 22.1 Å². The number of aryl methyl sites for hydroxylation is 4. The molecule has 0 aliphatic carbocycles. The first-order valence-corrected chi connectivity index (χ1v) is 20.2. The van der Waals surface area contributed by atoms with Gasteiger partial charge in [-0.1, -0.05) is 18.2 Å². The van der Waals surface area contributed by atoms with Gasteiger partial charge in [0.15, 0.2) is 5.65 Å². The van der Waals surface area contributed by atoms with Gasteiger partial charge in [-0.05, 0) is 87.1 Å². The van der Waals surface area contributed by atoms with Crippen LogP contribution in [0.3, 0.4) is 0 Å². The van der Waals surface area contributed by atoms with Crippen molar-refractivity contribution >= 4 is 27.5 Å². The average molecular weight is 761 g/mol. The molecule has 15 heteroatoms. The number of pyridine rings is 2. The van der Waals surface area contributed by atoms with Crippen LogP contribution in [0.2, 0.25) is 0 Å². The predicted octanol–water partition coefficient (Wildman–Crippen LogP) is 4.05. The van der Waals surface area contributed by atoms with Gasteiger partial charge in [0, 0.05) is 70.8 Å². The summed E-state index contributed by atoms with van der Waals surface area (Å²) in [5.41, 5.74) is 3.43. The molecule has 0 amide bonds. The van der Waals surface area contributed by atoms with Crippen molar-refractivity contribution in [2.75, 3.05) is 64.3 Å². The van der Waals surface area contributed by atoms with E-state index in [1.165, 1.54) is 4.31 Å². The van der Waals surface area contributed by atoms with Gasteiger partial charge in [0.05, 0.1) is 25.2 Å². The Morgan fingerprint density at radius 3 is 2.52 bits per heavy atom. The maximum atomic E-state index is 14.8. The van der Waals surface area contributed by atoms with E-state index in [-0.39, 0.29) is 23.9 Å². The normalized spacial score (nSPS) is 19.6. The van der Waals surface area contributed by atoms with Gasteiger partial charge in [0.25, 0.3) is 0 Å². The molecule has 7 rings (SSSR count). The van der Waals surface area contributed by atoms with Gasteiger partial charge in [-0.15, -0.1) is 10.2 Å². The number of nitrogens with zero attached hydrogens (tertiary/aromatic N) is 6. The highest BCUT2D eigenvalue weighted by atomic mass is 32.2. The second-order valence-corrected chi connectivity index (χ2v) is 17.5. The third-order valence-electron chi connectivity index (χ3n) is 11.5. The van der Waals surface area contributed by atoms with Crippen molar-refractivity contribution in [3.8, 4) is 5.88 Å². The van der Waals surface area contributed by atoms with Crippen molar-refractivity contribution in [3.05, 3.63) is 75.7 Å². The molecule has 2 fully saturated rings. The zero-order valence-corrected chi connectivity index (χ0v) is 32.9. The fourth-order valence-corrected chi connectivity index (χ4v) is 9.69. The van der Waals surface area contributed by atoms with Crippen LogP contribution in [0.5, 0.6) is 5.88 Å². The third-order valence-corrected chi connectivity index (χ3v) is 13.3. The lowest BCUT2D eigenvalue weighted by Gasteiger charge is -2.38. The first-order valence-electron chi connectivity index (χ1n) is 18.8. The SMILES string of the molecule is Cc1ccc([C@H](c2ccn3c(C)nnc3c2C)C(C)(C)C(=O)O)cc1CN1CC2(CCOCC2)Oc2nc(NCCN3CCNCC3)c(C)cc2S1(=O)=O. The van der Waals surface area contributed by atoms with Crippen LogP contribution in [0.4, 0.5) is 5.82 Å². The Kier molecular flexibility index (Phi) is 10.5. The van der Waals surface area contributed by atoms with Crippen LogP contribution in [-0.2, 0) is 26.1 Å². The number of carboxylic acids is 1. The number of nitrogens with one attached hydrogen (secondary N) is 2. The lowest BCUT2D eigenvalue weighted by Crippen LogP contribution is -2.50. The van der Waals surface area contributed by atoms with Crippen LogP contribution in [0, 0.1) is 33.1 Å². The molecule has 2 saturated heterocycles. The minimum Gasteiger partial charge on any atom is -0.481 e. The average Bonchev–Trinajstić information content (AvgIpc) is 3.49. The van der Waals surface area contributed by atoms with Gasteiger partial charge in [-0.25, -0.2) is 8.42 Å². The zero-order valence-electron chi connectivity index (χ0n) is 32.1. The number of hydrogen-bond acceptors (Lipinski definition) is 11. The summed E-state index contributed by atoms with van der Waals surface area (Å²) in [6.07, 6.45) is 2.90. The molecule has 0 unspecified atom stereocenters. The highest BCUT2D eigenvalue weighted by molar-refractivity contribution is 7.89. The van der Waals surface area contributed by atoms with E-state index in [0.717, 1.165) is 71.9 Å². The van der Waals surface area contributed by atoms with Crippen molar-refractivity contribution in [1.82, 2.24) is 34.1 Å². The van der Waals surface area contributed by atoms with Crippen LogP contribution in [0.25, 0.3) is 5.65 Å². The molecule has 0 radical (unpaired) electrons. The number of fused-ring (bicyclic) bond motifs is 2. The summed E-state index contributed by atoms with van der Waals surface area (Å²) in [6.45, 7) is 17.6. The molecule has 4 aromatic rings. The van der Waals surface area contributed by atoms with Crippen LogP contribution < -0.4 is 15.4 Å². The standard InChI is InChI=1S/C39H52N8O6S/c1-25-7-8-29(33(38(5,6)37(48)49)31-9-15-47-28(4)43-44-35(47)27(31)3)22-30(25)23-46-24-39(10-19-52-20-11-39)53-36-32(54(46,50)51)21-26(2)34(42-36)41-14-18-45-16-12-40-13-17-45/h7-9,15,21-22,33,40H,10-14,16-20,23-24H2,1-6H3,(H,41,42)(H,48,49)/t33-/m1/s1. The molecular formula is C39H52N8O6S. The summed E-state index contributed by atoms with van der Waals surface area (Å²) in [4.78, 5) is 20.1. The molecule has 14 nitrogen and oxygen atoms in total. The van der Waals surface area contributed by atoms with E-state index in [2.05, 4.69) is 25.7 Å². The number of carbonyl (C=O) groups is 1. The van der Waals surface area contributed by atoms with Crippen LogP contribution >= 0.6 is 0 Å². The monoisotopic (exact) mass is 760 g/mol. The largest absolute Gasteiger partial charge is 0.481 e. The van der Waals surface area contributed by atoms with Gasteiger partial charge in [0.2, 0.25) is 15.9 Å². The van der Waals surface area contributed by atoms with Crippen LogP contribution in [0.1, 0.15) is 71.8 Å². The number of rotatable bonds is 10. The number of sulfonamides is 1. The van der Waals surface area contributed by atoms with E-state index in [9.17, 15) is 18.3 Å². The molecular weight excluding hydrogens is 709 g/mol. The summed E-state index contributed by atoms with van der Waals surface area (Å²) < 4.78 is 45.4. The Morgan fingerprint density at radius 2 is 1.80 bits per heavy atom. The highest BCUT2D eigenvalue weighted by Crippen LogP contribution is 2.44. The number of hydrogen-bond donors (Lipinski definition) is 3. The molecule has 54 heavy (non-hydrogen) atoms. The second-order valence-electron chi connectivity index (χ2n) is 15.6. The Bertz CT molecular complexity index is 2160. The minimum atomic E-state index is -4.09. The van der Waals surface area contributed by atoms with Gasteiger partial charge >= 0.3 is 5.97 Å². The highest BCUT2D eigenvalue weighted by Gasteiger charge is 2.46. The third kappa shape index (κ3) is 7.19. The zero-order chi connectivity index (χ0) is 38.4. The predicted molar refractivity (Wildman–Crippen MR) is 205 cm³/mol. The Morgan fingerprint density at radius 1 is 1.06 bits per heavy atom. The molecule has 0 bridgehead atoms. The van der Waals surface area contributed by atoms with Gasteiger partial charge in [-0.2, -0.15) is 9.29 Å². The first kappa shape index (κ1) is 38.1. The topological polar surface area (TPSA) is 164 Å². The van der Waals surface area contributed by atoms with Gasteiger partial charge in [-0.3, -0.25) is 14.1 Å². The van der Waals surface area contributed by atoms with Crippen LogP contribution in [-0.4, -0.2) is 113 Å². The number of aromatic nitrogens is 4. The lowest BCUT2D eigenvalue weighted by atomic mass is 9.70. The Hall–Kier alpha value is -4.15. The quantitative estimate of drug-likeness (QED) is 0.213. The molecule has 3 N–H and O–H groups in total. The van der Waals surface area contributed by atoms with E-state index in [4.69, 9.17) is 14.5 Å². The maximum Gasteiger partial charge on any atom is 0.310 e. The van der Waals surface area contributed by atoms with Crippen molar-refractivity contribution in [1.29, 1.82) is 0 Å². The molecule has 290 valence electrons. The van der Waals surface area contributed by atoms with E-state index in [1.807, 2.05) is 62.6 Å². The Balaban J connectivity index is 1.25. The Labute approximate surface area is 317 Å². The van der Waals surface area contributed by atoms with E-state index < -0.39 is 32.9 Å². The summed E-state index contributed by atoms with van der Waals surface area (Å²) in [5, 5.41) is 26.0. The minimum absolute atomic E-state index is 0.0437. The van der Waals surface area contributed by atoms with Crippen molar-refractivity contribution < 1.29 is 27.8 Å². The number of carboxylic acid groups (broad SMARTS) is 1. The molecule has 3 aliphatic heterocycles. The van der Waals surface area contributed by atoms with E-state index in [1.54, 1.807) is 19.9 Å². The van der Waals surface area contributed by atoms with Gasteiger partial charge < -0.3 is 25.2 Å². The lowest BCUT2D eigenvalue weighted by molar-refractivity contribution is -0.147. The number of benzene rings is 1. The van der Waals surface area contributed by atoms with Crippen molar-refractivity contribution in [3.63, 3.8) is 0 Å². The number of ether oxygens (including phenoxy) is 2. The smallest absolute Gasteiger partial charge is 0.310 e. The number of aliphatic carboxylic acids is 1. The van der Waals surface area contributed by atoms with Crippen molar-refractivity contribution in [2.45, 2.75) is 77.3 Å². The maximum absolute atomic E-state index is 14.8. The summed E-state index contributed by atoms with van der Waals surface area (Å²) >= 11 is 0. The number of anilines is 1. The van der Waals surface area contributed by atoms with E-state index >= 15 is 0 Å². The molecule has 6 heterocycles. The van der Waals surface area contributed by atoms with E-state index in [0.29, 0.717) is 44.1 Å². The summed E-state index contributed by atoms with van der Waals surface area (Å²) in [6, 6.07) is 9.49. The second kappa shape index (κ2) is 14.8. The summed E-state index contributed by atoms with van der Waals surface area (Å²) in [5.74, 6) is -0.0654. The van der Waals surface area contributed by atoms with Crippen molar-refractivity contribution in [2.24, 2.45) is 5.41 Å². The molecule has 3 aliphatic rings. The fourth-order valence-electron chi connectivity index (χ4n) is 8.07. The molecule has 0 saturated carbocycles. The fraction of sp³-hybridized carbons (Fsp3) is 0.538. The van der Waals surface area contributed by atoms with Crippen LogP contribution in [0.15, 0.2) is 41.4 Å². The molecule has 1 atom stereocenters. The molecule has 1 aromatic carbocycles. The number of piperazine rings is 1. The summed E-state index contributed by atoms with van der Waals surface area (Å²) in [7, 11) is -4.09. The molecule has 1 spiro atoms. The first-order chi connectivity index (χ1) is 25.7. The molecule has 3 aromatic heterocycles.